The number of nitrogens with one attached hydrogen (secondary N) is 1. The first kappa shape index (κ1) is 33.2. The summed E-state index contributed by atoms with van der Waals surface area (Å²) in [5, 5.41) is 3.57. The summed E-state index contributed by atoms with van der Waals surface area (Å²) in [5.41, 5.74) is 3.57. The number of benzene rings is 1. The lowest BCUT2D eigenvalue weighted by atomic mass is 9.91. The standard InChI is InChI=1S/C30H41FN6O2.2ClH/c1-20-16-36(25(15-32-20)17-35-11-10-34(5)29(39)21(35)2)18-27(38)37-19-30(3,4)28-26(37)13-23(14-33-28)12-22-6-8-24(31)9-7-22;;/h6-9,13-14,20-21,25,32H,10-12,15-19H2,1-5H3;2*1H/t20-,21-,25-;;/m1../s1. The highest BCUT2D eigenvalue weighted by Crippen LogP contribution is 2.39. The minimum Gasteiger partial charge on any atom is -0.343 e. The molecule has 0 saturated carbocycles. The average Bonchev–Trinajstić information content (AvgIpc) is 3.17. The Morgan fingerprint density at radius 1 is 1.10 bits per heavy atom. The van der Waals surface area contributed by atoms with E-state index >= 15 is 0 Å². The van der Waals surface area contributed by atoms with Crippen molar-refractivity contribution in [3.05, 3.63) is 59.2 Å². The molecule has 3 aliphatic rings. The molecule has 0 bridgehead atoms. The van der Waals surface area contributed by atoms with E-state index < -0.39 is 0 Å². The predicted octanol–water partition coefficient (Wildman–Crippen LogP) is 3.10. The Bertz CT molecular complexity index is 1230. The molecular weight excluding hydrogens is 566 g/mol. The van der Waals surface area contributed by atoms with E-state index in [0.717, 1.165) is 55.2 Å². The van der Waals surface area contributed by atoms with Gasteiger partial charge < -0.3 is 15.1 Å². The van der Waals surface area contributed by atoms with Crippen molar-refractivity contribution in [3.63, 3.8) is 0 Å². The van der Waals surface area contributed by atoms with Crippen molar-refractivity contribution in [2.45, 2.75) is 57.7 Å². The Labute approximate surface area is 255 Å². The second kappa shape index (κ2) is 13.3. The van der Waals surface area contributed by atoms with Gasteiger partial charge in [-0.2, -0.15) is 0 Å². The molecule has 1 N–H and O–H groups in total. The zero-order valence-corrected chi connectivity index (χ0v) is 26.2. The van der Waals surface area contributed by atoms with Gasteiger partial charge in [0.05, 0.1) is 24.0 Å². The highest BCUT2D eigenvalue weighted by Gasteiger charge is 2.41. The Morgan fingerprint density at radius 3 is 2.51 bits per heavy atom. The molecule has 226 valence electrons. The number of hydrogen-bond donors (Lipinski definition) is 1. The van der Waals surface area contributed by atoms with Gasteiger partial charge >= 0.3 is 0 Å². The van der Waals surface area contributed by atoms with E-state index in [1.54, 1.807) is 17.0 Å². The second-order valence-electron chi connectivity index (χ2n) is 12.2. The number of anilines is 1. The van der Waals surface area contributed by atoms with Crippen LogP contribution in [0.1, 0.15) is 44.5 Å². The number of hydrogen-bond acceptors (Lipinski definition) is 6. The molecule has 2 saturated heterocycles. The van der Waals surface area contributed by atoms with Gasteiger partial charge in [-0.15, -0.1) is 24.8 Å². The molecule has 0 spiro atoms. The summed E-state index contributed by atoms with van der Waals surface area (Å²) in [7, 11) is 1.86. The van der Waals surface area contributed by atoms with Crippen LogP contribution in [-0.4, -0.2) is 102 Å². The molecular formula is C30H43Cl2FN6O2. The van der Waals surface area contributed by atoms with Crippen molar-refractivity contribution in [2.24, 2.45) is 0 Å². The fourth-order valence-corrected chi connectivity index (χ4v) is 6.18. The summed E-state index contributed by atoms with van der Waals surface area (Å²) in [6.45, 7) is 13.2. The Morgan fingerprint density at radius 2 is 1.80 bits per heavy atom. The average molecular weight is 610 g/mol. The van der Waals surface area contributed by atoms with Crippen LogP contribution in [0.3, 0.4) is 0 Å². The lowest BCUT2D eigenvalue weighted by Crippen LogP contribution is -2.63. The zero-order chi connectivity index (χ0) is 27.9. The number of aromatic nitrogens is 1. The molecule has 2 aromatic rings. The van der Waals surface area contributed by atoms with Crippen LogP contribution in [0.5, 0.6) is 0 Å². The molecule has 5 rings (SSSR count). The van der Waals surface area contributed by atoms with Crippen LogP contribution in [0.2, 0.25) is 0 Å². The van der Waals surface area contributed by atoms with Crippen LogP contribution in [-0.2, 0) is 21.4 Å². The van der Waals surface area contributed by atoms with Crippen LogP contribution in [0.4, 0.5) is 10.1 Å². The highest BCUT2D eigenvalue weighted by atomic mass is 35.5. The first-order valence-electron chi connectivity index (χ1n) is 14.0. The number of fused-ring (bicyclic) bond motifs is 1. The van der Waals surface area contributed by atoms with Crippen LogP contribution in [0.25, 0.3) is 0 Å². The van der Waals surface area contributed by atoms with Gasteiger partial charge in [0.25, 0.3) is 0 Å². The van der Waals surface area contributed by atoms with Gasteiger partial charge in [0.1, 0.15) is 5.82 Å². The minimum absolute atomic E-state index is 0. The number of carbonyl (C=O) groups is 2. The monoisotopic (exact) mass is 608 g/mol. The van der Waals surface area contributed by atoms with Crippen molar-refractivity contribution < 1.29 is 14.0 Å². The van der Waals surface area contributed by atoms with Gasteiger partial charge in [-0.05, 0) is 49.6 Å². The Balaban J connectivity index is 0.00000231. The molecule has 11 heteroatoms. The molecule has 4 heterocycles. The van der Waals surface area contributed by atoms with E-state index in [0.29, 0.717) is 19.5 Å². The van der Waals surface area contributed by atoms with Gasteiger partial charge in [-0.1, -0.05) is 26.0 Å². The summed E-state index contributed by atoms with van der Waals surface area (Å²) < 4.78 is 13.4. The van der Waals surface area contributed by atoms with Crippen molar-refractivity contribution in [3.8, 4) is 0 Å². The van der Waals surface area contributed by atoms with Gasteiger partial charge in [-0.25, -0.2) is 4.39 Å². The molecule has 2 fully saturated rings. The smallest absolute Gasteiger partial charge is 0.241 e. The van der Waals surface area contributed by atoms with E-state index in [1.165, 1.54) is 12.1 Å². The predicted molar refractivity (Wildman–Crippen MR) is 165 cm³/mol. The lowest BCUT2D eigenvalue weighted by Gasteiger charge is -2.44. The molecule has 0 aliphatic carbocycles. The lowest BCUT2D eigenvalue weighted by molar-refractivity contribution is -0.140. The van der Waals surface area contributed by atoms with E-state index in [4.69, 9.17) is 4.98 Å². The Hall–Kier alpha value is -2.30. The van der Waals surface area contributed by atoms with Crippen LogP contribution >= 0.6 is 24.8 Å². The maximum absolute atomic E-state index is 13.9. The largest absolute Gasteiger partial charge is 0.343 e. The third kappa shape index (κ3) is 7.20. The minimum atomic E-state index is -0.251. The normalized spacial score (nSPS) is 24.4. The molecule has 1 aromatic carbocycles. The number of carbonyl (C=O) groups excluding carboxylic acids is 2. The highest BCUT2D eigenvalue weighted by molar-refractivity contribution is 5.97. The summed E-state index contributed by atoms with van der Waals surface area (Å²) >= 11 is 0. The fourth-order valence-electron chi connectivity index (χ4n) is 6.18. The molecule has 41 heavy (non-hydrogen) atoms. The summed E-state index contributed by atoms with van der Waals surface area (Å²) in [6, 6.07) is 8.86. The van der Waals surface area contributed by atoms with E-state index in [9.17, 15) is 14.0 Å². The molecule has 3 aliphatic heterocycles. The van der Waals surface area contributed by atoms with E-state index in [1.807, 2.05) is 25.1 Å². The van der Waals surface area contributed by atoms with E-state index in [2.05, 4.69) is 42.0 Å². The van der Waals surface area contributed by atoms with Crippen molar-refractivity contribution >= 4 is 42.3 Å². The SMILES string of the molecule is C[C@@H]1CN(CC(=O)N2CC(C)(C)c3ncc(Cc4ccc(F)cc4)cc32)[C@@H](CN2CCN(C)C(=O)[C@H]2C)CN1.Cl.Cl. The third-order valence-corrected chi connectivity index (χ3v) is 8.55. The first-order valence-corrected chi connectivity index (χ1v) is 14.0. The van der Waals surface area contributed by atoms with Crippen LogP contribution in [0.15, 0.2) is 36.5 Å². The van der Waals surface area contributed by atoms with Gasteiger partial charge in [0, 0.05) is 70.0 Å². The number of amides is 2. The molecule has 8 nitrogen and oxygen atoms in total. The van der Waals surface area contributed by atoms with Crippen molar-refractivity contribution in [1.29, 1.82) is 0 Å². The molecule has 0 unspecified atom stereocenters. The Kier molecular flexibility index (Phi) is 10.8. The maximum Gasteiger partial charge on any atom is 0.241 e. The molecule has 0 radical (unpaired) electrons. The van der Waals surface area contributed by atoms with Crippen molar-refractivity contribution in [1.82, 2.24) is 25.0 Å². The summed E-state index contributed by atoms with van der Waals surface area (Å²) in [4.78, 5) is 39.5. The summed E-state index contributed by atoms with van der Waals surface area (Å²) in [5.74, 6) is -0.0245. The number of rotatable bonds is 6. The van der Waals surface area contributed by atoms with Crippen LogP contribution in [0, 0.1) is 5.82 Å². The maximum atomic E-state index is 13.9. The molecule has 2 amide bonds. The number of likely N-dealkylation sites (N-methyl/N-ethyl adjacent to an activating group) is 1. The van der Waals surface area contributed by atoms with Crippen LogP contribution < -0.4 is 10.2 Å². The van der Waals surface area contributed by atoms with E-state index in [-0.39, 0.29) is 66.0 Å². The van der Waals surface area contributed by atoms with Gasteiger partial charge in [-0.3, -0.25) is 24.4 Å². The zero-order valence-electron chi connectivity index (χ0n) is 24.6. The first-order chi connectivity index (χ1) is 18.5. The third-order valence-electron chi connectivity index (χ3n) is 8.55. The molecule has 3 atom stereocenters. The van der Waals surface area contributed by atoms with Crippen molar-refractivity contribution in [2.75, 3.05) is 57.8 Å². The quantitative estimate of drug-likeness (QED) is 0.543. The molecule has 1 aromatic heterocycles. The van der Waals surface area contributed by atoms with Gasteiger partial charge in [0.15, 0.2) is 0 Å². The number of halogens is 3. The number of piperazine rings is 2. The second-order valence-corrected chi connectivity index (χ2v) is 12.2. The number of nitrogens with zero attached hydrogens (tertiary/aromatic N) is 5. The topological polar surface area (TPSA) is 72.0 Å². The van der Waals surface area contributed by atoms with Gasteiger partial charge in [0.2, 0.25) is 11.8 Å². The fraction of sp³-hybridized carbons (Fsp3) is 0.567. The summed E-state index contributed by atoms with van der Waals surface area (Å²) in [6.07, 6.45) is 2.51. The number of pyridine rings is 1.